The van der Waals surface area contributed by atoms with Gasteiger partial charge in [0.1, 0.15) is 16.6 Å². The first kappa shape index (κ1) is 12.5. The molecule has 4 N–H and O–H groups in total. The number of aromatic nitrogens is 2. The van der Waals surface area contributed by atoms with Crippen molar-refractivity contribution in [1.29, 1.82) is 0 Å². The van der Waals surface area contributed by atoms with Gasteiger partial charge in [-0.1, -0.05) is 0 Å². The summed E-state index contributed by atoms with van der Waals surface area (Å²) in [4.78, 5) is 8.17. The van der Waals surface area contributed by atoms with Gasteiger partial charge in [0.25, 0.3) is 0 Å². The van der Waals surface area contributed by atoms with E-state index in [1.54, 1.807) is 0 Å². The maximum atomic E-state index is 5.50. The van der Waals surface area contributed by atoms with Crippen molar-refractivity contribution in [2.75, 3.05) is 17.3 Å². The zero-order chi connectivity index (χ0) is 12.3. The molecule has 0 unspecified atom stereocenters. The van der Waals surface area contributed by atoms with E-state index in [2.05, 4.69) is 36.6 Å². The fraction of sp³-hybridized carbons (Fsp3) is 0.600. The molecule has 0 spiro atoms. The molecule has 17 heavy (non-hydrogen) atoms. The minimum absolute atomic E-state index is 0.380. The molecular weight excluding hydrogens is 286 g/mol. The molecule has 6 nitrogen and oxygen atoms in total. The highest BCUT2D eigenvalue weighted by Crippen LogP contribution is 2.31. The quantitative estimate of drug-likeness (QED) is 0.564. The Morgan fingerprint density at radius 3 is 2.82 bits per heavy atom. The molecule has 1 aromatic heterocycles. The van der Waals surface area contributed by atoms with Crippen LogP contribution < -0.4 is 16.6 Å². The van der Waals surface area contributed by atoms with Crippen molar-refractivity contribution in [2.45, 2.75) is 31.9 Å². The van der Waals surface area contributed by atoms with E-state index in [1.807, 2.05) is 6.92 Å². The number of halogens is 1. The first-order valence-electron chi connectivity index (χ1n) is 5.59. The summed E-state index contributed by atoms with van der Waals surface area (Å²) in [5.74, 6) is 6.67. The Labute approximate surface area is 108 Å². The van der Waals surface area contributed by atoms with Gasteiger partial charge in [0.05, 0.1) is 6.10 Å². The first-order chi connectivity index (χ1) is 8.24. The van der Waals surface area contributed by atoms with E-state index in [1.165, 1.54) is 6.33 Å². The lowest BCUT2D eigenvalue weighted by molar-refractivity contribution is 0.00291. The summed E-state index contributed by atoms with van der Waals surface area (Å²) < 4.78 is 6.26. The summed E-state index contributed by atoms with van der Waals surface area (Å²) in [5.41, 5.74) is 2.51. The van der Waals surface area contributed by atoms with Crippen molar-refractivity contribution in [3.05, 3.63) is 10.8 Å². The molecule has 2 rings (SSSR count). The molecule has 0 aliphatic heterocycles. The van der Waals surface area contributed by atoms with E-state index in [4.69, 9.17) is 10.6 Å². The van der Waals surface area contributed by atoms with Crippen LogP contribution in [0.25, 0.3) is 0 Å². The third-order valence-electron chi connectivity index (χ3n) is 2.76. The van der Waals surface area contributed by atoms with Gasteiger partial charge in [0, 0.05) is 12.6 Å². The van der Waals surface area contributed by atoms with Gasteiger partial charge in [0.15, 0.2) is 5.82 Å². The Hall–Kier alpha value is -0.920. The Morgan fingerprint density at radius 1 is 1.47 bits per heavy atom. The summed E-state index contributed by atoms with van der Waals surface area (Å²) in [6, 6.07) is 0.406. The molecule has 1 heterocycles. The van der Waals surface area contributed by atoms with E-state index in [0.29, 0.717) is 18.0 Å². The van der Waals surface area contributed by atoms with Gasteiger partial charge in [-0.05, 0) is 35.7 Å². The lowest BCUT2D eigenvalue weighted by Gasteiger charge is -2.35. The van der Waals surface area contributed by atoms with Crippen molar-refractivity contribution in [3.63, 3.8) is 0 Å². The minimum atomic E-state index is 0.380. The van der Waals surface area contributed by atoms with E-state index < -0.39 is 0 Å². The average Bonchev–Trinajstić information content (AvgIpc) is 2.28. The number of nitrogens with two attached hydrogens (primary N) is 1. The summed E-state index contributed by atoms with van der Waals surface area (Å²) in [5, 5.41) is 3.34. The predicted molar refractivity (Wildman–Crippen MR) is 69.6 cm³/mol. The smallest absolute Gasteiger partial charge is 0.159 e. The molecule has 7 heteroatoms. The summed E-state index contributed by atoms with van der Waals surface area (Å²) >= 11 is 3.41. The lowest BCUT2D eigenvalue weighted by Crippen LogP contribution is -2.41. The van der Waals surface area contributed by atoms with Crippen LogP contribution in [0.5, 0.6) is 0 Å². The van der Waals surface area contributed by atoms with Crippen molar-refractivity contribution >= 4 is 27.6 Å². The largest absolute Gasteiger partial charge is 0.378 e. The highest BCUT2D eigenvalue weighted by molar-refractivity contribution is 9.10. The second-order valence-corrected chi connectivity index (χ2v) is 4.71. The zero-order valence-electron chi connectivity index (χ0n) is 9.61. The summed E-state index contributed by atoms with van der Waals surface area (Å²) in [6.45, 7) is 2.79. The molecule has 0 radical (unpaired) electrons. The molecule has 1 aliphatic carbocycles. The van der Waals surface area contributed by atoms with Gasteiger partial charge in [-0.3, -0.25) is 0 Å². The number of hydrazine groups is 1. The standard InChI is InChI=1S/C10H16BrN5O/c1-2-17-7-3-6(4-7)15-9-8(11)10(16-12)14-5-13-9/h5-7H,2-4,12H2,1H3,(H2,13,14,15,16). The van der Waals surface area contributed by atoms with Crippen molar-refractivity contribution in [2.24, 2.45) is 5.84 Å². The fourth-order valence-electron chi connectivity index (χ4n) is 1.82. The Bertz CT molecular complexity index is 383. The molecule has 94 valence electrons. The molecule has 1 fully saturated rings. The Kier molecular flexibility index (Phi) is 4.14. The van der Waals surface area contributed by atoms with Crippen molar-refractivity contribution in [1.82, 2.24) is 9.97 Å². The third-order valence-corrected chi connectivity index (χ3v) is 3.52. The second-order valence-electron chi connectivity index (χ2n) is 3.92. The number of hydrogen-bond donors (Lipinski definition) is 3. The zero-order valence-corrected chi connectivity index (χ0v) is 11.2. The Morgan fingerprint density at radius 2 is 2.18 bits per heavy atom. The monoisotopic (exact) mass is 301 g/mol. The number of nitrogen functional groups attached to an aromatic ring is 1. The maximum absolute atomic E-state index is 5.50. The third kappa shape index (κ3) is 2.85. The van der Waals surface area contributed by atoms with E-state index in [0.717, 1.165) is 29.7 Å². The number of anilines is 2. The maximum Gasteiger partial charge on any atom is 0.159 e. The molecule has 1 saturated carbocycles. The van der Waals surface area contributed by atoms with Crippen LogP contribution in [0.3, 0.4) is 0 Å². The number of hydrogen-bond acceptors (Lipinski definition) is 6. The van der Waals surface area contributed by atoms with Crippen LogP contribution in [0.2, 0.25) is 0 Å². The van der Waals surface area contributed by atoms with Crippen LogP contribution in [-0.2, 0) is 4.74 Å². The van der Waals surface area contributed by atoms with Crippen LogP contribution in [0.1, 0.15) is 19.8 Å². The number of ether oxygens (including phenoxy) is 1. The topological polar surface area (TPSA) is 85.1 Å². The van der Waals surface area contributed by atoms with Crippen molar-refractivity contribution < 1.29 is 4.74 Å². The van der Waals surface area contributed by atoms with E-state index in [-0.39, 0.29) is 0 Å². The molecule has 1 aromatic rings. The van der Waals surface area contributed by atoms with Crippen LogP contribution in [0.4, 0.5) is 11.6 Å². The number of nitrogens with zero attached hydrogens (tertiary/aromatic N) is 2. The summed E-state index contributed by atoms with van der Waals surface area (Å²) in [7, 11) is 0. The lowest BCUT2D eigenvalue weighted by atomic mass is 9.89. The van der Waals surface area contributed by atoms with Gasteiger partial charge >= 0.3 is 0 Å². The number of nitrogens with one attached hydrogen (secondary N) is 2. The highest BCUT2D eigenvalue weighted by atomic mass is 79.9. The Balaban J connectivity index is 1.92. The van der Waals surface area contributed by atoms with Crippen LogP contribution in [0, 0.1) is 0 Å². The van der Waals surface area contributed by atoms with Gasteiger partial charge in [-0.25, -0.2) is 15.8 Å². The van der Waals surface area contributed by atoms with Gasteiger partial charge in [-0.15, -0.1) is 0 Å². The number of rotatable bonds is 5. The highest BCUT2D eigenvalue weighted by Gasteiger charge is 2.30. The fourth-order valence-corrected chi connectivity index (χ4v) is 2.25. The van der Waals surface area contributed by atoms with Crippen LogP contribution in [-0.4, -0.2) is 28.7 Å². The van der Waals surface area contributed by atoms with Crippen LogP contribution >= 0.6 is 15.9 Å². The molecule has 0 bridgehead atoms. The SMILES string of the molecule is CCOC1CC(Nc2ncnc(NN)c2Br)C1. The minimum Gasteiger partial charge on any atom is -0.378 e. The van der Waals surface area contributed by atoms with E-state index in [9.17, 15) is 0 Å². The van der Waals surface area contributed by atoms with Crippen molar-refractivity contribution in [3.8, 4) is 0 Å². The van der Waals surface area contributed by atoms with E-state index >= 15 is 0 Å². The normalized spacial score (nSPS) is 23.0. The average molecular weight is 302 g/mol. The van der Waals surface area contributed by atoms with Gasteiger partial charge in [0.2, 0.25) is 0 Å². The molecule has 0 aromatic carbocycles. The van der Waals surface area contributed by atoms with Gasteiger partial charge < -0.3 is 15.5 Å². The molecule has 0 saturated heterocycles. The molecule has 0 atom stereocenters. The molecule has 1 aliphatic rings. The first-order valence-corrected chi connectivity index (χ1v) is 6.39. The molecule has 0 amide bonds. The predicted octanol–water partition coefficient (Wildman–Crippen LogP) is 1.50. The van der Waals surface area contributed by atoms with Gasteiger partial charge in [-0.2, -0.15) is 0 Å². The van der Waals surface area contributed by atoms with Crippen LogP contribution in [0.15, 0.2) is 10.8 Å². The molecular formula is C10H16BrN5O. The second kappa shape index (κ2) is 5.61. The summed E-state index contributed by atoms with van der Waals surface area (Å²) in [6.07, 6.45) is 3.87.